The van der Waals surface area contributed by atoms with Gasteiger partial charge in [-0.15, -0.1) is 0 Å². The van der Waals surface area contributed by atoms with Gasteiger partial charge < -0.3 is 20.6 Å². The standard InChI is InChI=1S/C13H20N3O4/c1-3-8-13(2,18)9-12(17)15-14-10-6-4-5-7-11(10)16(19)20/h4-7,11,18-19H,3,8-9H2,1-2H3,(H,15,17)/q-1/p-1/b14-10-. The van der Waals surface area contributed by atoms with Crippen molar-refractivity contribution in [3.63, 3.8) is 0 Å². The van der Waals surface area contributed by atoms with Gasteiger partial charge in [0.25, 0.3) is 0 Å². The zero-order chi connectivity index (χ0) is 15.2. The summed E-state index contributed by atoms with van der Waals surface area (Å²) in [7, 11) is 0. The molecule has 1 aliphatic carbocycles. The summed E-state index contributed by atoms with van der Waals surface area (Å²) in [4.78, 5) is 0. The van der Waals surface area contributed by atoms with Crippen LogP contribution in [0.5, 0.6) is 0 Å². The topological polar surface area (TPSA) is 115 Å². The maximum absolute atomic E-state index is 11.6. The van der Waals surface area contributed by atoms with Gasteiger partial charge in [0.2, 0.25) is 0 Å². The Morgan fingerprint density at radius 1 is 1.50 bits per heavy atom. The van der Waals surface area contributed by atoms with Gasteiger partial charge in [-0.25, -0.2) is 0 Å². The maximum atomic E-state index is 11.6. The number of nitrogens with zero attached hydrogens (tertiary/aromatic N) is 3. The molecule has 1 aliphatic rings. The number of allylic oxidation sites excluding steroid dienone is 2. The summed E-state index contributed by atoms with van der Waals surface area (Å²) in [6.45, 7) is 3.47. The first-order valence-electron chi connectivity index (χ1n) is 6.39. The van der Waals surface area contributed by atoms with Crippen LogP contribution in [0.3, 0.4) is 0 Å². The predicted octanol–water partition coefficient (Wildman–Crippen LogP) is 0.726. The highest BCUT2D eigenvalue weighted by Crippen LogP contribution is 2.16. The molecule has 1 rings (SSSR count). The Hall–Kier alpha value is -1.54. The molecule has 0 bridgehead atoms. The van der Waals surface area contributed by atoms with Crippen LogP contribution in [0.2, 0.25) is 0 Å². The molecular weight excluding hydrogens is 262 g/mol. The first-order valence-corrected chi connectivity index (χ1v) is 6.39. The van der Waals surface area contributed by atoms with E-state index >= 15 is 0 Å². The zero-order valence-corrected chi connectivity index (χ0v) is 11.6. The van der Waals surface area contributed by atoms with E-state index in [0.717, 1.165) is 6.42 Å². The van der Waals surface area contributed by atoms with Crippen LogP contribution in [0.25, 0.3) is 0 Å². The molecule has 2 unspecified atom stereocenters. The second kappa shape index (κ2) is 7.30. The molecule has 7 heteroatoms. The summed E-state index contributed by atoms with van der Waals surface area (Å²) in [5.74, 6) is -0.576. The van der Waals surface area contributed by atoms with E-state index in [1.54, 1.807) is 19.1 Å². The van der Waals surface area contributed by atoms with E-state index < -0.39 is 17.5 Å². The van der Waals surface area contributed by atoms with Gasteiger partial charge in [-0.3, -0.25) is 5.23 Å². The molecule has 0 radical (unpaired) electrons. The Morgan fingerprint density at radius 3 is 2.80 bits per heavy atom. The fourth-order valence-corrected chi connectivity index (χ4v) is 1.90. The molecule has 20 heavy (non-hydrogen) atoms. The second-order valence-electron chi connectivity index (χ2n) is 4.93. The molecule has 2 atom stereocenters. The van der Waals surface area contributed by atoms with Crippen molar-refractivity contribution in [1.29, 1.82) is 0 Å². The molecule has 0 aliphatic heterocycles. The van der Waals surface area contributed by atoms with Crippen LogP contribution in [0, 0.1) is 5.21 Å². The first-order chi connectivity index (χ1) is 9.35. The van der Waals surface area contributed by atoms with Gasteiger partial charge in [0.1, 0.15) is 0 Å². The van der Waals surface area contributed by atoms with Crippen LogP contribution in [0.1, 0.15) is 33.1 Å². The molecule has 0 saturated carbocycles. The van der Waals surface area contributed by atoms with Crippen molar-refractivity contribution >= 4 is 11.6 Å². The lowest BCUT2D eigenvalue weighted by Gasteiger charge is -2.29. The molecule has 0 aromatic carbocycles. The largest absolute Gasteiger partial charge is 0.860 e. The van der Waals surface area contributed by atoms with Crippen molar-refractivity contribution in [3.05, 3.63) is 29.5 Å². The maximum Gasteiger partial charge on any atom is 0.0853 e. The molecular formula is C13H19N3O4-2. The fourth-order valence-electron chi connectivity index (χ4n) is 1.90. The van der Waals surface area contributed by atoms with Crippen LogP contribution < -0.4 is 5.11 Å². The molecule has 0 amide bonds. The van der Waals surface area contributed by atoms with E-state index in [1.807, 2.05) is 6.92 Å². The minimum absolute atomic E-state index is 0.137. The van der Waals surface area contributed by atoms with Gasteiger partial charge in [0.15, 0.2) is 0 Å². The minimum Gasteiger partial charge on any atom is -0.860 e. The fraction of sp³-hybridized carbons (Fsp3) is 0.538. The van der Waals surface area contributed by atoms with Crippen LogP contribution in [0.4, 0.5) is 0 Å². The van der Waals surface area contributed by atoms with Crippen molar-refractivity contribution in [1.82, 2.24) is 5.23 Å². The van der Waals surface area contributed by atoms with Crippen molar-refractivity contribution in [2.75, 3.05) is 0 Å². The van der Waals surface area contributed by atoms with Gasteiger partial charge in [0.05, 0.1) is 17.4 Å². The molecule has 2 N–H and O–H groups in total. The Balaban J connectivity index is 2.76. The van der Waals surface area contributed by atoms with E-state index in [1.165, 1.54) is 12.2 Å². The highest BCUT2D eigenvalue weighted by atomic mass is 16.8. The SMILES string of the molecule is CCCC(C)(O)C/C([O-])=N/N=C1/C=CC=CC1N([O-])O. The van der Waals surface area contributed by atoms with Gasteiger partial charge in [-0.1, -0.05) is 31.6 Å². The zero-order valence-electron chi connectivity index (χ0n) is 11.6. The monoisotopic (exact) mass is 281 g/mol. The average molecular weight is 281 g/mol. The Labute approximate surface area is 117 Å². The molecule has 0 aromatic rings. The molecule has 0 fully saturated rings. The van der Waals surface area contributed by atoms with Gasteiger partial charge in [0, 0.05) is 6.42 Å². The molecule has 7 nitrogen and oxygen atoms in total. The summed E-state index contributed by atoms with van der Waals surface area (Å²) in [6.07, 6.45) is 7.21. The predicted molar refractivity (Wildman–Crippen MR) is 74.1 cm³/mol. The first kappa shape index (κ1) is 16.5. The third-order valence-corrected chi connectivity index (χ3v) is 2.81. The summed E-state index contributed by atoms with van der Waals surface area (Å²) >= 11 is 0. The lowest BCUT2D eigenvalue weighted by molar-refractivity contribution is -0.223. The number of hydroxylamine groups is 2. The minimum atomic E-state index is -1.11. The summed E-state index contributed by atoms with van der Waals surface area (Å²) in [6, 6.07) is -0.979. The molecule has 0 aromatic heterocycles. The normalized spacial score (nSPS) is 24.4. The average Bonchev–Trinajstić information content (AvgIpc) is 2.35. The van der Waals surface area contributed by atoms with Crippen LogP contribution in [-0.2, 0) is 0 Å². The summed E-state index contributed by atoms with van der Waals surface area (Å²) in [5.41, 5.74) is -0.952. The van der Waals surface area contributed by atoms with Crippen molar-refractivity contribution in [2.45, 2.75) is 44.8 Å². The van der Waals surface area contributed by atoms with Crippen LogP contribution >= 0.6 is 0 Å². The van der Waals surface area contributed by atoms with Crippen molar-refractivity contribution < 1.29 is 15.4 Å². The van der Waals surface area contributed by atoms with E-state index in [-0.39, 0.29) is 17.4 Å². The third kappa shape index (κ3) is 5.22. The van der Waals surface area contributed by atoms with E-state index in [2.05, 4.69) is 10.2 Å². The van der Waals surface area contributed by atoms with E-state index in [9.17, 15) is 15.4 Å². The smallest absolute Gasteiger partial charge is 0.0853 e. The third-order valence-electron chi connectivity index (χ3n) is 2.81. The van der Waals surface area contributed by atoms with E-state index in [4.69, 9.17) is 5.21 Å². The quantitative estimate of drug-likeness (QED) is 0.423. The van der Waals surface area contributed by atoms with Crippen molar-refractivity contribution in [2.24, 2.45) is 10.2 Å². The number of hydrogen-bond acceptors (Lipinski definition) is 7. The molecule has 0 spiro atoms. The Morgan fingerprint density at radius 2 is 2.20 bits per heavy atom. The number of aliphatic hydroxyl groups is 1. The molecule has 0 heterocycles. The molecule has 0 saturated heterocycles. The Bertz CT molecular complexity index is 439. The lowest BCUT2D eigenvalue weighted by atomic mass is 9.97. The second-order valence-corrected chi connectivity index (χ2v) is 4.93. The highest BCUT2D eigenvalue weighted by Gasteiger charge is 2.18. The highest BCUT2D eigenvalue weighted by molar-refractivity contribution is 6.02. The number of hydrogen-bond donors (Lipinski definition) is 2. The van der Waals surface area contributed by atoms with Gasteiger partial charge >= 0.3 is 0 Å². The number of rotatable bonds is 6. The Kier molecular flexibility index (Phi) is 6.03. The van der Waals surface area contributed by atoms with Crippen molar-refractivity contribution in [3.8, 4) is 0 Å². The van der Waals surface area contributed by atoms with Gasteiger partial charge in [-0.2, -0.15) is 10.2 Å². The molecule has 112 valence electrons. The lowest BCUT2D eigenvalue weighted by Crippen LogP contribution is -2.34. The summed E-state index contributed by atoms with van der Waals surface area (Å²) < 4.78 is 0. The van der Waals surface area contributed by atoms with Crippen LogP contribution in [-0.4, -0.2) is 38.8 Å². The van der Waals surface area contributed by atoms with Gasteiger partial charge in [-0.05, 0) is 25.3 Å². The van der Waals surface area contributed by atoms with E-state index in [0.29, 0.717) is 6.42 Å². The van der Waals surface area contributed by atoms with Crippen LogP contribution in [0.15, 0.2) is 34.5 Å². The summed E-state index contributed by atoms with van der Waals surface area (Å²) in [5, 5.41) is 48.2.